The first-order valence-electron chi connectivity index (χ1n) is 6.16. The number of halogens is 2. The third-order valence-corrected chi connectivity index (χ3v) is 3.65. The average molecular weight is 363 g/mol. The second kappa shape index (κ2) is 7.50. The maximum Gasteiger partial charge on any atom is 0.321 e. The van der Waals surface area contributed by atoms with Crippen molar-refractivity contribution in [2.24, 2.45) is 0 Å². The van der Waals surface area contributed by atoms with Crippen molar-refractivity contribution in [2.45, 2.75) is 26.8 Å². The number of urea groups is 1. The van der Waals surface area contributed by atoms with E-state index in [-0.39, 0.29) is 0 Å². The average Bonchev–Trinajstić information content (AvgIpc) is 2.35. The Bertz CT molecular complexity index is 523. The SMILES string of the molecule is CCNC(=O)NC(=O)C(C)Nc1cc(Cl)c(C)cc1Br. The fourth-order valence-electron chi connectivity index (χ4n) is 1.48. The van der Waals surface area contributed by atoms with Gasteiger partial charge in [-0.25, -0.2) is 4.79 Å². The summed E-state index contributed by atoms with van der Waals surface area (Å²) in [6, 6.07) is 2.51. The van der Waals surface area contributed by atoms with Crippen LogP contribution in [-0.4, -0.2) is 24.5 Å². The molecule has 0 bridgehead atoms. The van der Waals surface area contributed by atoms with Crippen LogP contribution in [0, 0.1) is 6.92 Å². The summed E-state index contributed by atoms with van der Waals surface area (Å²) in [6.07, 6.45) is 0. The minimum absolute atomic E-state index is 0.417. The Morgan fingerprint density at radius 1 is 1.40 bits per heavy atom. The topological polar surface area (TPSA) is 70.2 Å². The lowest BCUT2D eigenvalue weighted by Crippen LogP contribution is -2.45. The Kier molecular flexibility index (Phi) is 6.29. The minimum atomic E-state index is -0.576. The molecule has 7 heteroatoms. The van der Waals surface area contributed by atoms with Gasteiger partial charge in [-0.05, 0) is 54.4 Å². The van der Waals surface area contributed by atoms with Crippen LogP contribution in [0.15, 0.2) is 16.6 Å². The molecular weight excluding hydrogens is 346 g/mol. The van der Waals surface area contributed by atoms with E-state index in [0.717, 1.165) is 10.0 Å². The normalized spacial score (nSPS) is 11.7. The van der Waals surface area contributed by atoms with E-state index >= 15 is 0 Å². The van der Waals surface area contributed by atoms with Crippen molar-refractivity contribution in [3.63, 3.8) is 0 Å². The van der Waals surface area contributed by atoms with Crippen molar-refractivity contribution in [1.29, 1.82) is 0 Å². The third kappa shape index (κ3) is 4.68. The smallest absolute Gasteiger partial charge is 0.321 e. The van der Waals surface area contributed by atoms with Crippen LogP contribution in [0.3, 0.4) is 0 Å². The first kappa shape index (κ1) is 16.8. The van der Waals surface area contributed by atoms with Crippen molar-refractivity contribution in [1.82, 2.24) is 10.6 Å². The number of carbonyl (C=O) groups is 2. The highest BCUT2D eigenvalue weighted by Crippen LogP contribution is 2.29. The number of benzene rings is 1. The lowest BCUT2D eigenvalue weighted by Gasteiger charge is -2.16. The van der Waals surface area contributed by atoms with Gasteiger partial charge in [0.05, 0.1) is 5.69 Å². The standard InChI is InChI=1S/C13H17BrClN3O2/c1-4-16-13(20)18-12(19)8(3)17-11-6-10(15)7(2)5-9(11)14/h5-6,8,17H,4H2,1-3H3,(H2,16,18,19,20). The summed E-state index contributed by atoms with van der Waals surface area (Å²) in [5.41, 5.74) is 1.63. The lowest BCUT2D eigenvalue weighted by atomic mass is 10.2. The maximum atomic E-state index is 11.8. The second-order valence-corrected chi connectivity index (χ2v) is 5.56. The van der Waals surface area contributed by atoms with E-state index in [2.05, 4.69) is 31.9 Å². The Balaban J connectivity index is 2.71. The number of carbonyl (C=O) groups excluding carboxylic acids is 2. The van der Waals surface area contributed by atoms with Gasteiger partial charge in [0.15, 0.2) is 0 Å². The monoisotopic (exact) mass is 361 g/mol. The van der Waals surface area contributed by atoms with Crippen molar-refractivity contribution < 1.29 is 9.59 Å². The number of hydrogen-bond acceptors (Lipinski definition) is 3. The van der Waals surface area contributed by atoms with Gasteiger partial charge in [0.1, 0.15) is 6.04 Å². The van der Waals surface area contributed by atoms with Crippen LogP contribution in [0.5, 0.6) is 0 Å². The molecule has 0 aliphatic rings. The third-order valence-electron chi connectivity index (χ3n) is 2.59. The molecule has 5 nitrogen and oxygen atoms in total. The molecule has 0 spiro atoms. The molecule has 0 aromatic heterocycles. The predicted octanol–water partition coefficient (Wildman–Crippen LogP) is 3.06. The quantitative estimate of drug-likeness (QED) is 0.771. The van der Waals surface area contributed by atoms with Gasteiger partial charge in [-0.15, -0.1) is 0 Å². The van der Waals surface area contributed by atoms with Crippen molar-refractivity contribution in [3.05, 3.63) is 27.2 Å². The van der Waals surface area contributed by atoms with Crippen LogP contribution >= 0.6 is 27.5 Å². The number of nitrogens with one attached hydrogen (secondary N) is 3. The van der Waals surface area contributed by atoms with Crippen LogP contribution in [-0.2, 0) is 4.79 Å². The van der Waals surface area contributed by atoms with E-state index in [4.69, 9.17) is 11.6 Å². The van der Waals surface area contributed by atoms with Crippen molar-refractivity contribution in [3.8, 4) is 0 Å². The van der Waals surface area contributed by atoms with Gasteiger partial charge in [-0.2, -0.15) is 0 Å². The summed E-state index contributed by atoms with van der Waals surface area (Å²) in [5.74, 6) is -0.417. The number of hydrogen-bond donors (Lipinski definition) is 3. The van der Waals surface area contributed by atoms with Crippen LogP contribution in [0.4, 0.5) is 10.5 Å². The molecule has 1 rings (SSSR count). The molecule has 3 N–H and O–H groups in total. The summed E-state index contributed by atoms with van der Waals surface area (Å²) in [7, 11) is 0. The van der Waals surface area contributed by atoms with Crippen LogP contribution in [0.1, 0.15) is 19.4 Å². The fourth-order valence-corrected chi connectivity index (χ4v) is 2.22. The van der Waals surface area contributed by atoms with E-state index in [9.17, 15) is 9.59 Å². The zero-order valence-electron chi connectivity index (χ0n) is 11.5. The Hall–Kier alpha value is -1.27. The molecule has 20 heavy (non-hydrogen) atoms. The van der Waals surface area contributed by atoms with Crippen LogP contribution in [0.25, 0.3) is 0 Å². The van der Waals surface area contributed by atoms with Gasteiger partial charge in [-0.3, -0.25) is 10.1 Å². The number of rotatable bonds is 4. The number of aryl methyl sites for hydroxylation is 1. The number of imide groups is 1. The molecular formula is C13H17BrClN3O2. The minimum Gasteiger partial charge on any atom is -0.373 e. The highest BCUT2D eigenvalue weighted by Gasteiger charge is 2.16. The molecule has 1 unspecified atom stereocenters. The predicted molar refractivity (Wildman–Crippen MR) is 84.2 cm³/mol. The zero-order valence-corrected chi connectivity index (χ0v) is 13.9. The van der Waals surface area contributed by atoms with Crippen molar-refractivity contribution >= 4 is 45.2 Å². The summed E-state index contributed by atoms with van der Waals surface area (Å²) in [4.78, 5) is 23.1. The highest BCUT2D eigenvalue weighted by molar-refractivity contribution is 9.10. The van der Waals surface area contributed by atoms with E-state index in [1.807, 2.05) is 13.0 Å². The van der Waals surface area contributed by atoms with E-state index in [0.29, 0.717) is 17.3 Å². The molecule has 0 heterocycles. The van der Waals surface area contributed by atoms with Gasteiger partial charge < -0.3 is 10.6 Å². The van der Waals surface area contributed by atoms with Gasteiger partial charge in [0.25, 0.3) is 0 Å². The Morgan fingerprint density at radius 3 is 2.65 bits per heavy atom. The van der Waals surface area contributed by atoms with Gasteiger partial charge in [0, 0.05) is 16.0 Å². The molecule has 3 amide bonds. The molecule has 110 valence electrons. The number of amides is 3. The van der Waals surface area contributed by atoms with Gasteiger partial charge in [-0.1, -0.05) is 11.6 Å². The summed E-state index contributed by atoms with van der Waals surface area (Å²) < 4.78 is 0.803. The lowest BCUT2D eigenvalue weighted by molar-refractivity contribution is -0.120. The maximum absolute atomic E-state index is 11.8. The summed E-state index contributed by atoms with van der Waals surface area (Å²) >= 11 is 9.45. The molecule has 0 aliphatic carbocycles. The Morgan fingerprint density at radius 2 is 2.05 bits per heavy atom. The van der Waals surface area contributed by atoms with Crippen LogP contribution in [0.2, 0.25) is 5.02 Å². The Labute approximate surface area is 131 Å². The van der Waals surface area contributed by atoms with E-state index in [1.54, 1.807) is 19.9 Å². The van der Waals surface area contributed by atoms with E-state index < -0.39 is 18.0 Å². The molecule has 0 saturated heterocycles. The molecule has 1 aromatic rings. The molecule has 1 aromatic carbocycles. The fraction of sp³-hybridized carbons (Fsp3) is 0.385. The zero-order chi connectivity index (χ0) is 15.3. The molecule has 1 atom stereocenters. The van der Waals surface area contributed by atoms with E-state index in [1.165, 1.54) is 0 Å². The molecule has 0 fully saturated rings. The summed E-state index contributed by atoms with van der Waals surface area (Å²) in [5, 5.41) is 8.35. The van der Waals surface area contributed by atoms with Crippen LogP contribution < -0.4 is 16.0 Å². The van der Waals surface area contributed by atoms with Gasteiger partial charge in [0.2, 0.25) is 5.91 Å². The first-order chi connectivity index (χ1) is 9.35. The summed E-state index contributed by atoms with van der Waals surface area (Å²) in [6.45, 7) is 5.79. The molecule has 0 radical (unpaired) electrons. The molecule has 0 saturated carbocycles. The van der Waals surface area contributed by atoms with Crippen molar-refractivity contribution in [2.75, 3.05) is 11.9 Å². The number of anilines is 1. The molecule has 0 aliphatic heterocycles. The first-order valence-corrected chi connectivity index (χ1v) is 7.33. The second-order valence-electron chi connectivity index (χ2n) is 4.30. The van der Waals surface area contributed by atoms with Gasteiger partial charge >= 0.3 is 6.03 Å². The highest BCUT2D eigenvalue weighted by atomic mass is 79.9. The largest absolute Gasteiger partial charge is 0.373 e.